The monoisotopic (exact) mass is 302 g/mol. The number of aryl methyl sites for hydroxylation is 2. The van der Waals surface area contributed by atoms with Crippen LogP contribution < -0.4 is 5.32 Å². The van der Waals surface area contributed by atoms with Gasteiger partial charge < -0.3 is 5.32 Å². The van der Waals surface area contributed by atoms with Crippen molar-refractivity contribution < 1.29 is 0 Å². The lowest BCUT2D eigenvalue weighted by Crippen LogP contribution is -2.24. The van der Waals surface area contributed by atoms with Gasteiger partial charge in [0.1, 0.15) is 5.01 Å². The summed E-state index contributed by atoms with van der Waals surface area (Å²) in [4.78, 5) is 6.42. The molecule has 0 amide bonds. The second kappa shape index (κ2) is 5.21. The van der Waals surface area contributed by atoms with E-state index in [4.69, 9.17) is 4.98 Å². The first kappa shape index (κ1) is 13.5. The van der Waals surface area contributed by atoms with E-state index in [-0.39, 0.29) is 6.04 Å². The van der Waals surface area contributed by atoms with Gasteiger partial charge in [-0.05, 0) is 46.0 Å². The SMILES string of the molecule is CC(C)n1cc(C(NC2CC2)c2nc3c(s2)CCC3)cn1. The van der Waals surface area contributed by atoms with Crippen molar-refractivity contribution in [3.63, 3.8) is 0 Å². The summed E-state index contributed by atoms with van der Waals surface area (Å²) < 4.78 is 2.04. The summed E-state index contributed by atoms with van der Waals surface area (Å²) in [5.41, 5.74) is 2.59. The maximum absolute atomic E-state index is 4.92. The molecule has 0 radical (unpaired) electrons. The van der Waals surface area contributed by atoms with E-state index in [1.807, 2.05) is 22.2 Å². The predicted octanol–water partition coefficient (Wildman–Crippen LogP) is 3.25. The third-order valence-corrected chi connectivity index (χ3v) is 5.55. The second-order valence-corrected chi connectivity index (χ2v) is 7.61. The van der Waals surface area contributed by atoms with Crippen molar-refractivity contribution in [1.29, 1.82) is 0 Å². The molecule has 2 aliphatic rings. The number of hydrogen-bond acceptors (Lipinski definition) is 4. The van der Waals surface area contributed by atoms with Crippen LogP contribution in [-0.4, -0.2) is 20.8 Å². The molecule has 2 aromatic rings. The summed E-state index contributed by atoms with van der Waals surface area (Å²) in [5, 5.41) is 9.50. The zero-order chi connectivity index (χ0) is 14.4. The van der Waals surface area contributed by atoms with E-state index in [2.05, 4.69) is 30.5 Å². The van der Waals surface area contributed by atoms with E-state index in [1.165, 1.54) is 46.8 Å². The van der Waals surface area contributed by atoms with Crippen LogP contribution >= 0.6 is 11.3 Å². The minimum Gasteiger partial charge on any atom is -0.301 e. The topological polar surface area (TPSA) is 42.7 Å². The molecule has 2 aromatic heterocycles. The maximum atomic E-state index is 4.92. The Labute approximate surface area is 129 Å². The van der Waals surface area contributed by atoms with Gasteiger partial charge in [0, 0.05) is 28.7 Å². The van der Waals surface area contributed by atoms with Gasteiger partial charge in [0.05, 0.1) is 17.9 Å². The van der Waals surface area contributed by atoms with Crippen LogP contribution in [0.5, 0.6) is 0 Å². The fourth-order valence-electron chi connectivity index (χ4n) is 2.91. The van der Waals surface area contributed by atoms with Gasteiger partial charge in [-0.25, -0.2) is 4.98 Å². The van der Waals surface area contributed by atoms with Crippen LogP contribution in [0.4, 0.5) is 0 Å². The molecule has 2 heterocycles. The first-order valence-corrected chi connectivity index (χ1v) is 8.81. The Kier molecular flexibility index (Phi) is 3.34. The number of thiazole rings is 1. The average Bonchev–Trinajstić information content (AvgIpc) is 2.89. The highest BCUT2D eigenvalue weighted by molar-refractivity contribution is 7.11. The van der Waals surface area contributed by atoms with Crippen molar-refractivity contribution in [3.05, 3.63) is 33.5 Å². The van der Waals surface area contributed by atoms with Crippen molar-refractivity contribution in [2.75, 3.05) is 0 Å². The Balaban J connectivity index is 1.65. The first-order valence-electron chi connectivity index (χ1n) is 7.99. The van der Waals surface area contributed by atoms with E-state index in [0.29, 0.717) is 12.1 Å². The van der Waals surface area contributed by atoms with Crippen LogP contribution in [0.3, 0.4) is 0 Å². The van der Waals surface area contributed by atoms with Gasteiger partial charge in [-0.3, -0.25) is 4.68 Å². The van der Waals surface area contributed by atoms with Gasteiger partial charge in [-0.1, -0.05) is 0 Å². The standard InChI is InChI=1S/C16H22N4S/c1-10(2)20-9-11(8-17-20)15(18-12-6-7-12)16-19-13-4-3-5-14(13)21-16/h8-10,12,15,18H,3-7H2,1-2H3. The molecular formula is C16H22N4S. The minimum atomic E-state index is 0.223. The van der Waals surface area contributed by atoms with Gasteiger partial charge >= 0.3 is 0 Å². The molecule has 4 nitrogen and oxygen atoms in total. The lowest BCUT2D eigenvalue weighted by atomic mass is 10.1. The zero-order valence-corrected chi connectivity index (χ0v) is 13.5. The fourth-order valence-corrected chi connectivity index (χ4v) is 4.16. The molecule has 112 valence electrons. The van der Waals surface area contributed by atoms with Crippen LogP contribution in [0.25, 0.3) is 0 Å². The molecular weight excluding hydrogens is 280 g/mol. The van der Waals surface area contributed by atoms with E-state index in [1.54, 1.807) is 0 Å². The van der Waals surface area contributed by atoms with Crippen LogP contribution in [0.2, 0.25) is 0 Å². The average molecular weight is 302 g/mol. The molecule has 2 aliphatic carbocycles. The molecule has 0 spiro atoms. The number of nitrogens with zero attached hydrogens (tertiary/aromatic N) is 3. The lowest BCUT2D eigenvalue weighted by Gasteiger charge is -2.14. The highest BCUT2D eigenvalue weighted by Crippen LogP contribution is 2.35. The Hall–Kier alpha value is -1.20. The van der Waals surface area contributed by atoms with E-state index in [0.717, 1.165) is 6.42 Å². The van der Waals surface area contributed by atoms with Crippen LogP contribution in [0, 0.1) is 0 Å². The Bertz CT molecular complexity index is 617. The van der Waals surface area contributed by atoms with Gasteiger partial charge in [0.2, 0.25) is 0 Å². The molecule has 4 rings (SSSR count). The van der Waals surface area contributed by atoms with Crippen molar-refractivity contribution in [3.8, 4) is 0 Å². The highest BCUT2D eigenvalue weighted by Gasteiger charge is 2.30. The van der Waals surface area contributed by atoms with Gasteiger partial charge in [0.25, 0.3) is 0 Å². The molecule has 1 N–H and O–H groups in total. The van der Waals surface area contributed by atoms with Crippen molar-refractivity contribution in [2.45, 2.75) is 64.1 Å². The fraction of sp³-hybridized carbons (Fsp3) is 0.625. The van der Waals surface area contributed by atoms with E-state index in [9.17, 15) is 0 Å². The molecule has 0 aliphatic heterocycles. The van der Waals surface area contributed by atoms with Crippen molar-refractivity contribution in [2.24, 2.45) is 0 Å². The molecule has 1 unspecified atom stereocenters. The summed E-state index contributed by atoms with van der Waals surface area (Å²) >= 11 is 1.90. The minimum absolute atomic E-state index is 0.223. The Morgan fingerprint density at radius 1 is 1.33 bits per heavy atom. The smallest absolute Gasteiger partial charge is 0.115 e. The largest absolute Gasteiger partial charge is 0.301 e. The van der Waals surface area contributed by atoms with E-state index < -0.39 is 0 Å². The quantitative estimate of drug-likeness (QED) is 0.922. The number of rotatable bonds is 5. The third kappa shape index (κ3) is 2.64. The number of hydrogen-bond donors (Lipinski definition) is 1. The Morgan fingerprint density at radius 3 is 2.86 bits per heavy atom. The molecule has 21 heavy (non-hydrogen) atoms. The van der Waals surface area contributed by atoms with E-state index >= 15 is 0 Å². The highest BCUT2D eigenvalue weighted by atomic mass is 32.1. The summed E-state index contributed by atoms with van der Waals surface area (Å²) in [7, 11) is 0. The zero-order valence-electron chi connectivity index (χ0n) is 12.7. The third-order valence-electron chi connectivity index (χ3n) is 4.32. The van der Waals surface area contributed by atoms with Crippen LogP contribution in [0.1, 0.15) is 66.3 Å². The molecule has 0 aromatic carbocycles. The Morgan fingerprint density at radius 2 is 2.19 bits per heavy atom. The van der Waals surface area contributed by atoms with Gasteiger partial charge in [0.15, 0.2) is 0 Å². The molecule has 1 fully saturated rings. The molecule has 0 saturated heterocycles. The summed E-state index contributed by atoms with van der Waals surface area (Å²) in [6.07, 6.45) is 10.4. The number of aromatic nitrogens is 3. The normalized spacial score (nSPS) is 19.2. The van der Waals surface area contributed by atoms with Crippen molar-refractivity contribution in [1.82, 2.24) is 20.1 Å². The van der Waals surface area contributed by atoms with Gasteiger partial charge in [-0.2, -0.15) is 5.10 Å². The molecule has 5 heteroatoms. The number of nitrogens with one attached hydrogen (secondary N) is 1. The lowest BCUT2D eigenvalue weighted by molar-refractivity contribution is 0.530. The predicted molar refractivity (Wildman–Crippen MR) is 84.8 cm³/mol. The van der Waals surface area contributed by atoms with Gasteiger partial charge in [-0.15, -0.1) is 11.3 Å². The van der Waals surface area contributed by atoms with Crippen molar-refractivity contribution >= 4 is 11.3 Å². The van der Waals surface area contributed by atoms with Crippen LogP contribution in [0.15, 0.2) is 12.4 Å². The summed E-state index contributed by atoms with van der Waals surface area (Å²) in [5.74, 6) is 0. The second-order valence-electron chi connectivity index (χ2n) is 6.50. The maximum Gasteiger partial charge on any atom is 0.115 e. The molecule has 1 saturated carbocycles. The summed E-state index contributed by atoms with van der Waals surface area (Å²) in [6.45, 7) is 4.33. The molecule has 0 bridgehead atoms. The molecule has 1 atom stereocenters. The number of fused-ring (bicyclic) bond motifs is 1. The van der Waals surface area contributed by atoms with Crippen LogP contribution in [-0.2, 0) is 12.8 Å². The summed E-state index contributed by atoms with van der Waals surface area (Å²) in [6, 6.07) is 1.29. The first-order chi connectivity index (χ1) is 10.2.